The smallest absolute Gasteiger partial charge is 0.399 e. The van der Waals surface area contributed by atoms with Gasteiger partial charge in [0.25, 0.3) is 0 Å². The molecule has 1 atom stereocenters. The van der Waals surface area contributed by atoms with Crippen LogP contribution in [-0.4, -0.2) is 11.3 Å². The summed E-state index contributed by atoms with van der Waals surface area (Å²) in [6.07, 6.45) is -2.39. The van der Waals surface area contributed by atoms with Gasteiger partial charge in [-0.25, -0.2) is 0 Å². The van der Waals surface area contributed by atoms with Crippen molar-refractivity contribution in [2.24, 2.45) is 5.92 Å². The highest BCUT2D eigenvalue weighted by atomic mass is 19.4. The molecule has 0 aromatic heterocycles. The summed E-state index contributed by atoms with van der Waals surface area (Å²) in [7, 11) is 0. The fraction of sp³-hybridized carbons (Fsp3) is 0.538. The number of hydrogen-bond acceptors (Lipinski definition) is 2. The summed E-state index contributed by atoms with van der Waals surface area (Å²) in [6, 6.07) is 5.31. The molecule has 1 unspecified atom stereocenters. The topological polar surface area (TPSA) is 46.2 Å². The number of alkyl halides is 3. The third-order valence-electron chi connectivity index (χ3n) is 3.73. The minimum atomic E-state index is -4.67. The van der Waals surface area contributed by atoms with Crippen molar-refractivity contribution in [2.45, 2.75) is 37.5 Å². The normalized spacial score (nSPS) is 20.9. The molecule has 0 spiro atoms. The average molecular weight is 259 g/mol. The molecule has 2 nitrogen and oxygen atoms in total. The molecular weight excluding hydrogens is 243 g/mol. The lowest BCUT2D eigenvalue weighted by Crippen LogP contribution is -2.47. The van der Waals surface area contributed by atoms with E-state index in [1.54, 1.807) is 0 Å². The van der Waals surface area contributed by atoms with Crippen molar-refractivity contribution in [3.8, 4) is 0 Å². The summed E-state index contributed by atoms with van der Waals surface area (Å²) in [5, 5.41) is 10.2. The fourth-order valence-corrected chi connectivity index (χ4v) is 2.71. The Bertz CT molecular complexity index is 409. The molecule has 100 valence electrons. The zero-order chi connectivity index (χ0) is 13.4. The Kier molecular flexibility index (Phi) is 3.27. The minimum Gasteiger partial charge on any atom is -0.399 e. The van der Waals surface area contributed by atoms with E-state index in [4.69, 9.17) is 5.73 Å². The molecule has 0 bridgehead atoms. The summed E-state index contributed by atoms with van der Waals surface area (Å²) >= 11 is 0. The zero-order valence-corrected chi connectivity index (χ0v) is 9.87. The van der Waals surface area contributed by atoms with Crippen LogP contribution in [0.15, 0.2) is 24.3 Å². The third kappa shape index (κ3) is 2.07. The summed E-state index contributed by atoms with van der Waals surface area (Å²) < 4.78 is 39.8. The number of halogens is 3. The summed E-state index contributed by atoms with van der Waals surface area (Å²) in [5.41, 5.74) is 2.99. The van der Waals surface area contributed by atoms with Gasteiger partial charge in [-0.2, -0.15) is 13.2 Å². The number of hydrogen-bond donors (Lipinski definition) is 2. The van der Waals surface area contributed by atoms with Crippen LogP contribution in [0.3, 0.4) is 0 Å². The van der Waals surface area contributed by atoms with Crippen molar-refractivity contribution in [1.82, 2.24) is 0 Å². The van der Waals surface area contributed by atoms with Gasteiger partial charge in [0.05, 0.1) is 0 Å². The second kappa shape index (κ2) is 4.46. The van der Waals surface area contributed by atoms with E-state index < -0.39 is 17.7 Å². The molecule has 3 N–H and O–H groups in total. The monoisotopic (exact) mass is 259 g/mol. The molecule has 5 heteroatoms. The molecule has 1 aromatic rings. The van der Waals surface area contributed by atoms with Gasteiger partial charge in [-0.1, -0.05) is 25.0 Å². The molecule has 0 radical (unpaired) electrons. The molecule has 1 aliphatic carbocycles. The molecule has 2 rings (SSSR count). The first-order valence-corrected chi connectivity index (χ1v) is 6.01. The van der Waals surface area contributed by atoms with E-state index >= 15 is 0 Å². The van der Waals surface area contributed by atoms with E-state index in [9.17, 15) is 18.3 Å². The van der Waals surface area contributed by atoms with Gasteiger partial charge >= 0.3 is 6.18 Å². The second-order valence-electron chi connectivity index (χ2n) is 4.87. The van der Waals surface area contributed by atoms with Gasteiger partial charge in [-0.3, -0.25) is 0 Å². The number of anilines is 1. The Morgan fingerprint density at radius 2 is 1.56 bits per heavy atom. The number of benzene rings is 1. The Balaban J connectivity index is 2.44. The van der Waals surface area contributed by atoms with E-state index in [0.717, 1.165) is 12.8 Å². The molecule has 1 aromatic carbocycles. The predicted octanol–water partition coefficient (Wildman–Crippen LogP) is 3.21. The number of nitrogens with two attached hydrogens (primary N) is 1. The Hall–Kier alpha value is -1.23. The minimum absolute atomic E-state index is 0.115. The highest BCUT2D eigenvalue weighted by Gasteiger charge is 2.59. The summed E-state index contributed by atoms with van der Waals surface area (Å²) in [5.74, 6) is -0.763. The maximum Gasteiger partial charge on any atom is 0.421 e. The molecule has 0 heterocycles. The number of rotatable bonds is 2. The van der Waals surface area contributed by atoms with E-state index in [-0.39, 0.29) is 5.56 Å². The molecular formula is C13H16F3NO. The van der Waals surface area contributed by atoms with Gasteiger partial charge in [0.1, 0.15) is 0 Å². The van der Waals surface area contributed by atoms with Crippen LogP contribution in [0.5, 0.6) is 0 Å². The SMILES string of the molecule is Nc1ccc(C(O)(C2CCCC2)C(F)(F)F)cc1. The standard InChI is InChI=1S/C13H16F3NO/c14-13(15,16)12(18,9-3-1-2-4-9)10-5-7-11(17)8-6-10/h5-9,18H,1-4,17H2. The zero-order valence-electron chi connectivity index (χ0n) is 9.87. The van der Waals surface area contributed by atoms with Crippen molar-refractivity contribution >= 4 is 5.69 Å². The number of nitrogen functional groups attached to an aromatic ring is 1. The van der Waals surface area contributed by atoms with Crippen LogP contribution in [0.4, 0.5) is 18.9 Å². The molecule has 0 saturated heterocycles. The largest absolute Gasteiger partial charge is 0.421 e. The number of aliphatic hydroxyl groups is 1. The highest BCUT2D eigenvalue weighted by molar-refractivity contribution is 5.41. The molecule has 1 fully saturated rings. The first-order chi connectivity index (χ1) is 8.35. The van der Waals surface area contributed by atoms with Crippen molar-refractivity contribution < 1.29 is 18.3 Å². The lowest BCUT2D eigenvalue weighted by Gasteiger charge is -2.36. The lowest BCUT2D eigenvalue weighted by molar-refractivity contribution is -0.286. The van der Waals surface area contributed by atoms with Gasteiger partial charge in [-0.05, 0) is 30.5 Å². The third-order valence-corrected chi connectivity index (χ3v) is 3.73. The molecule has 1 aliphatic rings. The van der Waals surface area contributed by atoms with Crippen LogP contribution >= 0.6 is 0 Å². The van der Waals surface area contributed by atoms with Crippen LogP contribution in [0.1, 0.15) is 31.2 Å². The maximum atomic E-state index is 13.3. The van der Waals surface area contributed by atoms with Crippen LogP contribution in [0, 0.1) is 5.92 Å². The van der Waals surface area contributed by atoms with E-state index in [1.165, 1.54) is 24.3 Å². The molecule has 18 heavy (non-hydrogen) atoms. The molecule has 1 saturated carbocycles. The Morgan fingerprint density at radius 1 is 1.06 bits per heavy atom. The van der Waals surface area contributed by atoms with E-state index in [0.29, 0.717) is 18.5 Å². The quantitative estimate of drug-likeness (QED) is 0.801. The van der Waals surface area contributed by atoms with Crippen molar-refractivity contribution in [3.63, 3.8) is 0 Å². The van der Waals surface area contributed by atoms with Crippen LogP contribution < -0.4 is 5.73 Å². The summed E-state index contributed by atoms with van der Waals surface area (Å²) in [6.45, 7) is 0. The first kappa shape index (κ1) is 13.2. The lowest BCUT2D eigenvalue weighted by atomic mass is 9.79. The maximum absolute atomic E-state index is 13.3. The highest BCUT2D eigenvalue weighted by Crippen LogP contribution is 2.50. The molecule has 0 amide bonds. The Labute approximate surface area is 104 Å². The summed E-state index contributed by atoms with van der Waals surface area (Å²) in [4.78, 5) is 0. The van der Waals surface area contributed by atoms with Gasteiger partial charge in [0.2, 0.25) is 0 Å². The molecule has 0 aliphatic heterocycles. The van der Waals surface area contributed by atoms with E-state index in [1.807, 2.05) is 0 Å². The second-order valence-corrected chi connectivity index (χ2v) is 4.87. The van der Waals surface area contributed by atoms with Crippen molar-refractivity contribution in [1.29, 1.82) is 0 Å². The Morgan fingerprint density at radius 3 is 2.00 bits per heavy atom. The van der Waals surface area contributed by atoms with Gasteiger partial charge in [-0.15, -0.1) is 0 Å². The van der Waals surface area contributed by atoms with Crippen molar-refractivity contribution in [3.05, 3.63) is 29.8 Å². The first-order valence-electron chi connectivity index (χ1n) is 6.01. The van der Waals surface area contributed by atoms with Crippen LogP contribution in [0.2, 0.25) is 0 Å². The van der Waals surface area contributed by atoms with Gasteiger partial charge < -0.3 is 10.8 Å². The van der Waals surface area contributed by atoms with Crippen molar-refractivity contribution in [2.75, 3.05) is 5.73 Å². The van der Waals surface area contributed by atoms with Gasteiger partial charge in [0, 0.05) is 11.6 Å². The average Bonchev–Trinajstić information content (AvgIpc) is 2.81. The predicted molar refractivity (Wildman–Crippen MR) is 62.8 cm³/mol. The van der Waals surface area contributed by atoms with Crippen LogP contribution in [-0.2, 0) is 5.60 Å². The van der Waals surface area contributed by atoms with E-state index in [2.05, 4.69) is 0 Å². The fourth-order valence-electron chi connectivity index (χ4n) is 2.71. The van der Waals surface area contributed by atoms with Gasteiger partial charge in [0.15, 0.2) is 5.60 Å². The van der Waals surface area contributed by atoms with Crippen LogP contribution in [0.25, 0.3) is 0 Å².